The van der Waals surface area contributed by atoms with Crippen LogP contribution in [-0.2, 0) is 16.0 Å². The molecule has 0 saturated heterocycles. The lowest BCUT2D eigenvalue weighted by Gasteiger charge is -2.16. The van der Waals surface area contributed by atoms with E-state index in [4.69, 9.17) is 9.26 Å². The Morgan fingerprint density at radius 1 is 1.27 bits per heavy atom. The minimum atomic E-state index is -0.498. The summed E-state index contributed by atoms with van der Waals surface area (Å²) in [5, 5.41) is 6.62. The van der Waals surface area contributed by atoms with Gasteiger partial charge in [-0.15, -0.1) is 0 Å². The fraction of sp³-hybridized carbons (Fsp3) is 0.421. The van der Waals surface area contributed by atoms with E-state index in [-0.39, 0.29) is 18.9 Å². The fourth-order valence-electron chi connectivity index (χ4n) is 2.44. The molecule has 0 unspecified atom stereocenters. The molecule has 0 bridgehead atoms. The molecule has 7 heteroatoms. The first kappa shape index (κ1) is 19.5. The number of carbonyl (C=O) groups is 2. The number of alkyl carbamates (subject to hydrolysis) is 1. The Morgan fingerprint density at radius 2 is 2.04 bits per heavy atom. The third-order valence-corrected chi connectivity index (χ3v) is 3.85. The van der Waals surface area contributed by atoms with Crippen LogP contribution in [0.1, 0.15) is 25.5 Å². The lowest BCUT2D eigenvalue weighted by atomic mass is 10.1. The summed E-state index contributed by atoms with van der Waals surface area (Å²) in [6.45, 7) is 2.92. The molecule has 1 aromatic carbocycles. The molecular formula is C19H25N3O4. The average Bonchev–Trinajstić information content (AvgIpc) is 3.11. The molecule has 140 valence electrons. The maximum Gasteiger partial charge on any atom is 0.407 e. The maximum atomic E-state index is 12.0. The van der Waals surface area contributed by atoms with E-state index >= 15 is 0 Å². The van der Waals surface area contributed by atoms with Crippen LogP contribution in [0.15, 0.2) is 40.9 Å². The van der Waals surface area contributed by atoms with Crippen LogP contribution in [0, 0.1) is 0 Å². The van der Waals surface area contributed by atoms with Crippen molar-refractivity contribution in [3.63, 3.8) is 0 Å². The molecule has 1 aromatic heterocycles. The topological polar surface area (TPSA) is 84.7 Å². The number of benzene rings is 1. The summed E-state index contributed by atoms with van der Waals surface area (Å²) in [5.74, 6) is 0.776. The molecule has 26 heavy (non-hydrogen) atoms. The molecule has 0 saturated carbocycles. The van der Waals surface area contributed by atoms with Gasteiger partial charge in [-0.1, -0.05) is 35.5 Å². The predicted molar refractivity (Wildman–Crippen MR) is 97.5 cm³/mol. The Labute approximate surface area is 153 Å². The summed E-state index contributed by atoms with van der Waals surface area (Å²) in [6.07, 6.45) is 1.23. The van der Waals surface area contributed by atoms with Crippen LogP contribution >= 0.6 is 0 Å². The molecular weight excluding hydrogens is 334 g/mol. The predicted octanol–water partition coefficient (Wildman–Crippen LogP) is 2.87. The number of aromatic nitrogens is 1. The largest absolute Gasteiger partial charge is 0.450 e. The number of aryl methyl sites for hydroxylation is 1. The molecule has 7 nitrogen and oxygen atoms in total. The van der Waals surface area contributed by atoms with E-state index in [1.54, 1.807) is 18.9 Å². The van der Waals surface area contributed by atoms with Gasteiger partial charge in [0.25, 0.3) is 0 Å². The quantitative estimate of drug-likeness (QED) is 0.744. The summed E-state index contributed by atoms with van der Waals surface area (Å²) in [5.41, 5.74) is 1.83. The highest BCUT2D eigenvalue weighted by Gasteiger charge is 2.11. The van der Waals surface area contributed by atoms with Crippen LogP contribution in [0.3, 0.4) is 0 Å². The zero-order valence-corrected chi connectivity index (χ0v) is 15.2. The number of ether oxygens (including phenoxy) is 1. The zero-order chi connectivity index (χ0) is 18.8. The van der Waals surface area contributed by atoms with E-state index in [0.717, 1.165) is 23.4 Å². The summed E-state index contributed by atoms with van der Waals surface area (Å²) in [7, 11) is 1.75. The zero-order valence-electron chi connectivity index (χ0n) is 15.2. The van der Waals surface area contributed by atoms with Crippen molar-refractivity contribution in [2.75, 3.05) is 26.7 Å². The lowest BCUT2D eigenvalue weighted by molar-refractivity contribution is -0.129. The van der Waals surface area contributed by atoms with E-state index in [1.807, 2.05) is 36.4 Å². The van der Waals surface area contributed by atoms with Gasteiger partial charge in [-0.2, -0.15) is 0 Å². The number of carbonyl (C=O) groups excluding carboxylic acids is 2. The van der Waals surface area contributed by atoms with Crippen LogP contribution in [0.4, 0.5) is 4.79 Å². The second-order valence-electron chi connectivity index (χ2n) is 5.86. The second-order valence-corrected chi connectivity index (χ2v) is 5.86. The first-order valence-corrected chi connectivity index (χ1v) is 8.75. The number of hydrogen-bond donors (Lipinski definition) is 1. The van der Waals surface area contributed by atoms with Crippen molar-refractivity contribution < 1.29 is 18.8 Å². The Hall–Kier alpha value is -2.83. The van der Waals surface area contributed by atoms with E-state index in [1.165, 1.54) is 0 Å². The van der Waals surface area contributed by atoms with Gasteiger partial charge < -0.3 is 19.5 Å². The van der Waals surface area contributed by atoms with Crippen molar-refractivity contribution in [1.82, 2.24) is 15.4 Å². The summed E-state index contributed by atoms with van der Waals surface area (Å²) in [4.78, 5) is 24.8. The molecule has 2 aromatic rings. The Balaban J connectivity index is 1.68. The first-order valence-electron chi connectivity index (χ1n) is 8.75. The van der Waals surface area contributed by atoms with Crippen LogP contribution in [-0.4, -0.2) is 48.8 Å². The molecule has 1 N–H and O–H groups in total. The van der Waals surface area contributed by atoms with Gasteiger partial charge >= 0.3 is 6.09 Å². The minimum Gasteiger partial charge on any atom is -0.450 e. The highest BCUT2D eigenvalue weighted by atomic mass is 16.5. The molecule has 2 amide bonds. The molecule has 0 aliphatic heterocycles. The van der Waals surface area contributed by atoms with Crippen LogP contribution < -0.4 is 5.32 Å². The first-order chi connectivity index (χ1) is 12.6. The standard InChI is InChI=1S/C19H25N3O4/c1-3-25-19(24)20-12-11-18(23)22(2)13-7-10-16-14-17(21-26-16)15-8-5-4-6-9-15/h4-6,8-9,14H,3,7,10-13H2,1-2H3,(H,20,24). The Bertz CT molecular complexity index is 700. The molecule has 0 aliphatic carbocycles. The van der Waals surface area contributed by atoms with Gasteiger partial charge in [-0.05, 0) is 13.3 Å². The molecule has 2 rings (SSSR count). The van der Waals surface area contributed by atoms with Crippen molar-refractivity contribution in [3.8, 4) is 11.3 Å². The number of hydrogen-bond acceptors (Lipinski definition) is 5. The summed E-state index contributed by atoms with van der Waals surface area (Å²) < 4.78 is 10.1. The highest BCUT2D eigenvalue weighted by molar-refractivity contribution is 5.76. The monoisotopic (exact) mass is 359 g/mol. The Kier molecular flexibility index (Phi) is 7.67. The van der Waals surface area contributed by atoms with E-state index in [9.17, 15) is 9.59 Å². The van der Waals surface area contributed by atoms with E-state index in [0.29, 0.717) is 19.6 Å². The number of nitrogens with zero attached hydrogens (tertiary/aromatic N) is 2. The van der Waals surface area contributed by atoms with Gasteiger partial charge in [0.2, 0.25) is 5.91 Å². The van der Waals surface area contributed by atoms with Gasteiger partial charge in [0.05, 0.1) is 6.61 Å². The third kappa shape index (κ3) is 6.23. The lowest BCUT2D eigenvalue weighted by Crippen LogP contribution is -2.33. The van der Waals surface area contributed by atoms with Gasteiger partial charge in [0, 0.05) is 44.6 Å². The number of nitrogens with one attached hydrogen (secondary N) is 1. The summed E-state index contributed by atoms with van der Waals surface area (Å²) in [6, 6.07) is 11.8. The smallest absolute Gasteiger partial charge is 0.407 e. The highest BCUT2D eigenvalue weighted by Crippen LogP contribution is 2.19. The van der Waals surface area contributed by atoms with Crippen LogP contribution in [0.2, 0.25) is 0 Å². The van der Waals surface area contributed by atoms with Gasteiger partial charge in [-0.3, -0.25) is 4.79 Å². The molecule has 0 aliphatic rings. The normalized spacial score (nSPS) is 10.4. The maximum absolute atomic E-state index is 12.0. The molecule has 0 spiro atoms. The van der Waals surface area contributed by atoms with Crippen molar-refractivity contribution in [2.45, 2.75) is 26.2 Å². The summed E-state index contributed by atoms with van der Waals surface area (Å²) >= 11 is 0. The van der Waals surface area contributed by atoms with Crippen molar-refractivity contribution >= 4 is 12.0 Å². The van der Waals surface area contributed by atoms with Crippen LogP contribution in [0.25, 0.3) is 11.3 Å². The van der Waals surface area contributed by atoms with E-state index in [2.05, 4.69) is 10.5 Å². The Morgan fingerprint density at radius 3 is 2.77 bits per heavy atom. The van der Waals surface area contributed by atoms with Gasteiger partial charge in [0.15, 0.2) is 0 Å². The second kappa shape index (κ2) is 10.2. The molecule has 1 heterocycles. The van der Waals surface area contributed by atoms with Gasteiger partial charge in [0.1, 0.15) is 11.5 Å². The van der Waals surface area contributed by atoms with Crippen LogP contribution in [0.5, 0.6) is 0 Å². The van der Waals surface area contributed by atoms with Crippen molar-refractivity contribution in [2.24, 2.45) is 0 Å². The molecule has 0 atom stereocenters. The fourth-order valence-corrected chi connectivity index (χ4v) is 2.44. The SMILES string of the molecule is CCOC(=O)NCCC(=O)N(C)CCCc1cc(-c2ccccc2)no1. The van der Waals surface area contributed by atoms with Crippen molar-refractivity contribution in [3.05, 3.63) is 42.2 Å². The van der Waals surface area contributed by atoms with E-state index < -0.39 is 6.09 Å². The van der Waals surface area contributed by atoms with Crippen molar-refractivity contribution in [1.29, 1.82) is 0 Å². The minimum absolute atomic E-state index is 0.0238. The third-order valence-electron chi connectivity index (χ3n) is 3.85. The average molecular weight is 359 g/mol. The molecule has 0 radical (unpaired) electrons. The molecule has 0 fully saturated rings. The van der Waals surface area contributed by atoms with Gasteiger partial charge in [-0.25, -0.2) is 4.79 Å². The number of rotatable bonds is 9. The number of amides is 2.